The lowest BCUT2D eigenvalue weighted by Gasteiger charge is -2.28. The van der Waals surface area contributed by atoms with E-state index in [1.54, 1.807) is 0 Å². The standard InChI is InChI=1S/C23H28O3/c1-22(2,3)16-6-8-19-15(10-16)11-18(26-19)13-23(4,5)17-7-9-20-21(12-17)25-14-24-20/h6-10,12,18H,11,13-14H2,1-5H3. The maximum absolute atomic E-state index is 6.27. The number of rotatable bonds is 3. The predicted octanol–water partition coefficient (Wildman–Crippen LogP) is 5.38. The molecule has 1 atom stereocenters. The van der Waals surface area contributed by atoms with Crippen LogP contribution in [0, 0.1) is 0 Å². The molecule has 0 fully saturated rings. The molecule has 3 nitrogen and oxygen atoms in total. The van der Waals surface area contributed by atoms with Crippen molar-refractivity contribution in [1.82, 2.24) is 0 Å². The second-order valence-corrected chi connectivity index (χ2v) is 9.17. The summed E-state index contributed by atoms with van der Waals surface area (Å²) >= 11 is 0. The number of hydrogen-bond acceptors (Lipinski definition) is 3. The Balaban J connectivity index is 1.50. The second-order valence-electron chi connectivity index (χ2n) is 9.17. The first-order chi connectivity index (χ1) is 12.2. The summed E-state index contributed by atoms with van der Waals surface area (Å²) in [6.45, 7) is 11.6. The zero-order valence-corrected chi connectivity index (χ0v) is 16.4. The van der Waals surface area contributed by atoms with Crippen molar-refractivity contribution < 1.29 is 14.2 Å². The molecular formula is C23H28O3. The van der Waals surface area contributed by atoms with Crippen molar-refractivity contribution in [2.45, 2.75) is 64.4 Å². The Labute approximate surface area is 156 Å². The molecule has 26 heavy (non-hydrogen) atoms. The van der Waals surface area contributed by atoms with E-state index in [4.69, 9.17) is 14.2 Å². The Kier molecular flexibility index (Phi) is 3.94. The molecule has 1 unspecified atom stereocenters. The zero-order valence-electron chi connectivity index (χ0n) is 16.4. The van der Waals surface area contributed by atoms with Crippen LogP contribution >= 0.6 is 0 Å². The molecule has 2 heterocycles. The molecular weight excluding hydrogens is 324 g/mol. The highest BCUT2D eigenvalue weighted by Crippen LogP contribution is 2.41. The lowest BCUT2D eigenvalue weighted by Crippen LogP contribution is -2.27. The summed E-state index contributed by atoms with van der Waals surface area (Å²) < 4.78 is 17.2. The summed E-state index contributed by atoms with van der Waals surface area (Å²) in [5.41, 5.74) is 4.13. The monoisotopic (exact) mass is 352 g/mol. The van der Waals surface area contributed by atoms with E-state index in [2.05, 4.69) is 65.0 Å². The van der Waals surface area contributed by atoms with Gasteiger partial charge in [0.1, 0.15) is 11.9 Å². The van der Waals surface area contributed by atoms with Gasteiger partial charge in [-0.15, -0.1) is 0 Å². The summed E-state index contributed by atoms with van der Waals surface area (Å²) in [6, 6.07) is 12.9. The SMILES string of the molecule is CC(C)(C)c1ccc2c(c1)CC(CC(C)(C)c1ccc3c(c1)OCO3)O2. The van der Waals surface area contributed by atoms with Crippen molar-refractivity contribution in [2.24, 2.45) is 0 Å². The summed E-state index contributed by atoms with van der Waals surface area (Å²) in [5, 5.41) is 0. The Morgan fingerprint density at radius 1 is 0.846 bits per heavy atom. The van der Waals surface area contributed by atoms with Crippen LogP contribution in [0.15, 0.2) is 36.4 Å². The molecule has 3 heteroatoms. The number of benzene rings is 2. The van der Waals surface area contributed by atoms with Gasteiger partial charge in [-0.2, -0.15) is 0 Å². The van der Waals surface area contributed by atoms with Gasteiger partial charge in [0.15, 0.2) is 11.5 Å². The Morgan fingerprint density at radius 3 is 2.31 bits per heavy atom. The Morgan fingerprint density at radius 2 is 1.54 bits per heavy atom. The van der Waals surface area contributed by atoms with E-state index in [0.717, 1.165) is 30.1 Å². The van der Waals surface area contributed by atoms with Gasteiger partial charge in [-0.25, -0.2) is 0 Å². The predicted molar refractivity (Wildman–Crippen MR) is 103 cm³/mol. The molecule has 0 amide bonds. The molecule has 4 rings (SSSR count). The van der Waals surface area contributed by atoms with Crippen LogP contribution in [-0.4, -0.2) is 12.9 Å². The quantitative estimate of drug-likeness (QED) is 0.742. The molecule has 2 aliphatic rings. The van der Waals surface area contributed by atoms with E-state index in [0.29, 0.717) is 6.79 Å². The molecule has 0 radical (unpaired) electrons. The number of fused-ring (bicyclic) bond motifs is 2. The van der Waals surface area contributed by atoms with E-state index in [-0.39, 0.29) is 16.9 Å². The van der Waals surface area contributed by atoms with Crippen LogP contribution in [0.2, 0.25) is 0 Å². The highest BCUT2D eigenvalue weighted by Gasteiger charge is 2.32. The highest BCUT2D eigenvalue weighted by molar-refractivity contribution is 5.47. The third kappa shape index (κ3) is 3.15. The third-order valence-corrected chi connectivity index (χ3v) is 5.56. The Bertz CT molecular complexity index is 830. The molecule has 138 valence electrons. The van der Waals surface area contributed by atoms with Crippen molar-refractivity contribution in [3.8, 4) is 17.2 Å². The van der Waals surface area contributed by atoms with Crippen molar-refractivity contribution in [1.29, 1.82) is 0 Å². The minimum absolute atomic E-state index is 0.000542. The van der Waals surface area contributed by atoms with Crippen LogP contribution in [0.1, 0.15) is 57.7 Å². The number of hydrogen-bond donors (Lipinski definition) is 0. The first-order valence-electron chi connectivity index (χ1n) is 9.43. The van der Waals surface area contributed by atoms with Gasteiger partial charge in [-0.3, -0.25) is 0 Å². The first-order valence-corrected chi connectivity index (χ1v) is 9.43. The maximum Gasteiger partial charge on any atom is 0.231 e. The maximum atomic E-state index is 6.27. The van der Waals surface area contributed by atoms with Crippen LogP contribution in [-0.2, 0) is 17.3 Å². The largest absolute Gasteiger partial charge is 0.490 e. The highest BCUT2D eigenvalue weighted by atomic mass is 16.7. The molecule has 2 aromatic rings. The molecule has 0 saturated carbocycles. The van der Waals surface area contributed by atoms with E-state index in [9.17, 15) is 0 Å². The van der Waals surface area contributed by atoms with E-state index >= 15 is 0 Å². The van der Waals surface area contributed by atoms with Gasteiger partial charge >= 0.3 is 0 Å². The van der Waals surface area contributed by atoms with Crippen molar-refractivity contribution >= 4 is 0 Å². The van der Waals surface area contributed by atoms with Crippen molar-refractivity contribution in [3.05, 3.63) is 53.1 Å². The van der Waals surface area contributed by atoms with E-state index in [1.807, 2.05) is 6.07 Å². The van der Waals surface area contributed by atoms with Gasteiger partial charge in [-0.05, 0) is 52.1 Å². The van der Waals surface area contributed by atoms with Crippen LogP contribution in [0.5, 0.6) is 17.2 Å². The average molecular weight is 352 g/mol. The normalized spacial score (nSPS) is 18.6. The average Bonchev–Trinajstić information content (AvgIpc) is 3.17. The van der Waals surface area contributed by atoms with Crippen LogP contribution in [0.25, 0.3) is 0 Å². The van der Waals surface area contributed by atoms with Gasteiger partial charge < -0.3 is 14.2 Å². The summed E-state index contributed by atoms with van der Waals surface area (Å²) in [5.74, 6) is 2.73. The van der Waals surface area contributed by atoms with Crippen LogP contribution in [0.3, 0.4) is 0 Å². The molecule has 0 aromatic heterocycles. The van der Waals surface area contributed by atoms with Gasteiger partial charge in [0.25, 0.3) is 0 Å². The first kappa shape index (κ1) is 17.3. The molecule has 2 aromatic carbocycles. The molecule has 0 spiro atoms. The lowest BCUT2D eigenvalue weighted by atomic mass is 9.79. The smallest absolute Gasteiger partial charge is 0.231 e. The minimum atomic E-state index is 0.000542. The van der Waals surface area contributed by atoms with Gasteiger partial charge in [0.2, 0.25) is 6.79 Å². The van der Waals surface area contributed by atoms with E-state index < -0.39 is 0 Å². The fourth-order valence-electron chi connectivity index (χ4n) is 3.91. The topological polar surface area (TPSA) is 27.7 Å². The van der Waals surface area contributed by atoms with Crippen molar-refractivity contribution in [2.75, 3.05) is 6.79 Å². The molecule has 0 aliphatic carbocycles. The van der Waals surface area contributed by atoms with Gasteiger partial charge in [0, 0.05) is 6.42 Å². The summed E-state index contributed by atoms with van der Waals surface area (Å²) in [6.07, 6.45) is 2.15. The minimum Gasteiger partial charge on any atom is -0.490 e. The van der Waals surface area contributed by atoms with E-state index in [1.165, 1.54) is 16.7 Å². The second kappa shape index (κ2) is 5.94. The van der Waals surface area contributed by atoms with Crippen LogP contribution in [0.4, 0.5) is 0 Å². The molecule has 0 N–H and O–H groups in total. The lowest BCUT2D eigenvalue weighted by molar-refractivity contribution is 0.173. The van der Waals surface area contributed by atoms with Crippen molar-refractivity contribution in [3.63, 3.8) is 0 Å². The number of ether oxygens (including phenoxy) is 3. The molecule has 0 saturated heterocycles. The molecule has 0 bridgehead atoms. The van der Waals surface area contributed by atoms with Crippen LogP contribution < -0.4 is 14.2 Å². The molecule has 2 aliphatic heterocycles. The zero-order chi connectivity index (χ0) is 18.5. The van der Waals surface area contributed by atoms with Gasteiger partial charge in [0.05, 0.1) is 0 Å². The summed E-state index contributed by atoms with van der Waals surface area (Å²) in [4.78, 5) is 0. The van der Waals surface area contributed by atoms with Gasteiger partial charge in [-0.1, -0.05) is 52.8 Å². The fraction of sp³-hybridized carbons (Fsp3) is 0.478. The fourth-order valence-corrected chi connectivity index (χ4v) is 3.91. The summed E-state index contributed by atoms with van der Waals surface area (Å²) in [7, 11) is 0. The third-order valence-electron chi connectivity index (χ3n) is 5.56. The Hall–Kier alpha value is -2.16.